The number of thiazole rings is 1. The average Bonchev–Trinajstić information content (AvgIpc) is 3.50. The second kappa shape index (κ2) is 10.4. The Hall–Kier alpha value is -4.76. The minimum Gasteiger partial charge on any atom is -0.489 e. The summed E-state index contributed by atoms with van der Waals surface area (Å²) in [4.78, 5) is 46.5. The van der Waals surface area contributed by atoms with E-state index in [-0.39, 0.29) is 28.5 Å². The van der Waals surface area contributed by atoms with Crippen LogP contribution in [0, 0.1) is 6.92 Å². The first kappa shape index (κ1) is 25.5. The topological polar surface area (TPSA) is 98.9 Å². The number of hydrogen-bond acceptors (Lipinski definition) is 8. The van der Waals surface area contributed by atoms with Gasteiger partial charge in [-0.15, -0.1) is 0 Å². The standard InChI is InChI=1S/C31H24N2O6S/c1-3-37-30(36)28-18(2)32-31(40-28)33-25(20-12-9-13-21(16-20)38-17-19-10-5-4-6-11-19)24-26(34)22-14-7-8-15-23(22)39-27(24)29(33)35/h4-16,25H,3,17H2,1-2H3. The maximum Gasteiger partial charge on any atom is 0.350 e. The van der Waals surface area contributed by atoms with Crippen LogP contribution in [-0.2, 0) is 11.3 Å². The molecule has 1 aliphatic rings. The number of hydrogen-bond donors (Lipinski definition) is 0. The molecule has 40 heavy (non-hydrogen) atoms. The van der Waals surface area contributed by atoms with E-state index in [0.29, 0.717) is 39.5 Å². The lowest BCUT2D eigenvalue weighted by Crippen LogP contribution is -2.29. The van der Waals surface area contributed by atoms with E-state index in [4.69, 9.17) is 13.9 Å². The fourth-order valence-electron chi connectivity index (χ4n) is 4.82. The Morgan fingerprint density at radius 3 is 2.60 bits per heavy atom. The Bertz CT molecular complexity index is 1810. The van der Waals surface area contributed by atoms with Gasteiger partial charge in [-0.25, -0.2) is 9.78 Å². The van der Waals surface area contributed by atoms with Crippen molar-refractivity contribution in [1.29, 1.82) is 0 Å². The third-order valence-corrected chi connectivity index (χ3v) is 7.79. The maximum absolute atomic E-state index is 13.9. The fourth-order valence-corrected chi connectivity index (χ4v) is 5.81. The molecule has 8 nitrogen and oxygen atoms in total. The summed E-state index contributed by atoms with van der Waals surface area (Å²) < 4.78 is 17.3. The molecule has 0 N–H and O–H groups in total. The van der Waals surface area contributed by atoms with Crippen molar-refractivity contribution in [1.82, 2.24) is 4.98 Å². The highest BCUT2D eigenvalue weighted by molar-refractivity contribution is 7.17. The van der Waals surface area contributed by atoms with Gasteiger partial charge in [0, 0.05) is 0 Å². The van der Waals surface area contributed by atoms with E-state index in [2.05, 4.69) is 4.98 Å². The van der Waals surface area contributed by atoms with Gasteiger partial charge in [0.2, 0.25) is 5.76 Å². The van der Waals surface area contributed by atoms with E-state index >= 15 is 0 Å². The van der Waals surface area contributed by atoms with E-state index < -0.39 is 17.9 Å². The van der Waals surface area contributed by atoms with E-state index in [1.807, 2.05) is 54.6 Å². The van der Waals surface area contributed by atoms with Crippen molar-refractivity contribution in [2.45, 2.75) is 26.5 Å². The van der Waals surface area contributed by atoms with Gasteiger partial charge in [-0.1, -0.05) is 65.9 Å². The van der Waals surface area contributed by atoms with Gasteiger partial charge in [-0.3, -0.25) is 14.5 Å². The van der Waals surface area contributed by atoms with E-state index in [9.17, 15) is 14.4 Å². The molecule has 200 valence electrons. The number of carbonyl (C=O) groups is 2. The first-order chi connectivity index (χ1) is 19.5. The molecule has 1 atom stereocenters. The molecule has 9 heteroatoms. The van der Waals surface area contributed by atoms with Crippen molar-refractivity contribution in [3.05, 3.63) is 122 Å². The van der Waals surface area contributed by atoms with Gasteiger partial charge in [0.15, 0.2) is 10.6 Å². The van der Waals surface area contributed by atoms with Crippen molar-refractivity contribution in [2.75, 3.05) is 11.5 Å². The Kier molecular flexibility index (Phi) is 6.65. The largest absolute Gasteiger partial charge is 0.489 e. The Labute approximate surface area is 233 Å². The lowest BCUT2D eigenvalue weighted by Gasteiger charge is -2.23. The quantitative estimate of drug-likeness (QED) is 0.226. The summed E-state index contributed by atoms with van der Waals surface area (Å²) in [7, 11) is 0. The van der Waals surface area contributed by atoms with Crippen molar-refractivity contribution in [2.24, 2.45) is 0 Å². The van der Waals surface area contributed by atoms with Crippen molar-refractivity contribution in [3.63, 3.8) is 0 Å². The molecule has 3 aromatic carbocycles. The summed E-state index contributed by atoms with van der Waals surface area (Å²) in [5.74, 6) is -0.493. The number of amides is 1. The Morgan fingerprint density at radius 1 is 1.02 bits per heavy atom. The van der Waals surface area contributed by atoms with Gasteiger partial charge in [0.05, 0.1) is 29.3 Å². The predicted molar refractivity (Wildman–Crippen MR) is 151 cm³/mol. The number of esters is 1. The third-order valence-electron chi connectivity index (χ3n) is 6.65. The van der Waals surface area contributed by atoms with Crippen LogP contribution in [0.2, 0.25) is 0 Å². The van der Waals surface area contributed by atoms with Crippen LogP contribution in [-0.4, -0.2) is 23.5 Å². The van der Waals surface area contributed by atoms with Crippen LogP contribution in [0.4, 0.5) is 5.13 Å². The molecule has 0 bridgehead atoms. The summed E-state index contributed by atoms with van der Waals surface area (Å²) in [6.07, 6.45) is 0. The number of para-hydroxylation sites is 1. The molecule has 0 spiro atoms. The molecule has 3 heterocycles. The summed E-state index contributed by atoms with van der Waals surface area (Å²) in [6.45, 7) is 3.98. The number of rotatable bonds is 7. The molecular formula is C31H24N2O6S. The average molecular weight is 553 g/mol. The summed E-state index contributed by atoms with van der Waals surface area (Å²) in [6, 6.07) is 23.0. The highest BCUT2D eigenvalue weighted by Gasteiger charge is 2.45. The molecule has 0 saturated heterocycles. The van der Waals surface area contributed by atoms with Gasteiger partial charge in [-0.2, -0.15) is 0 Å². The first-order valence-corrected chi connectivity index (χ1v) is 13.6. The van der Waals surface area contributed by atoms with Crippen LogP contribution in [0.15, 0.2) is 88.1 Å². The zero-order chi connectivity index (χ0) is 27.8. The van der Waals surface area contributed by atoms with Gasteiger partial charge < -0.3 is 13.9 Å². The number of nitrogens with zero attached hydrogens (tertiary/aromatic N) is 2. The number of anilines is 1. The van der Waals surface area contributed by atoms with Gasteiger partial charge >= 0.3 is 5.97 Å². The minimum absolute atomic E-state index is 0.0464. The highest BCUT2D eigenvalue weighted by atomic mass is 32.1. The minimum atomic E-state index is -0.843. The van der Waals surface area contributed by atoms with Crippen molar-refractivity contribution < 1.29 is 23.5 Å². The molecule has 0 radical (unpaired) electrons. The molecule has 2 aromatic heterocycles. The Morgan fingerprint density at radius 2 is 1.80 bits per heavy atom. The van der Waals surface area contributed by atoms with Gasteiger partial charge in [-0.05, 0) is 49.2 Å². The zero-order valence-electron chi connectivity index (χ0n) is 21.7. The Balaban J connectivity index is 1.48. The van der Waals surface area contributed by atoms with Crippen LogP contribution in [0.5, 0.6) is 5.75 Å². The second-order valence-electron chi connectivity index (χ2n) is 9.23. The lowest BCUT2D eigenvalue weighted by atomic mass is 9.98. The number of benzene rings is 3. The van der Waals surface area contributed by atoms with Gasteiger partial charge in [0.25, 0.3) is 5.91 Å². The van der Waals surface area contributed by atoms with Crippen molar-refractivity contribution >= 4 is 39.3 Å². The maximum atomic E-state index is 13.9. The SMILES string of the molecule is CCOC(=O)c1sc(N2C(=O)c3oc4ccccc4c(=O)c3C2c2cccc(OCc3ccccc3)c2)nc1C. The van der Waals surface area contributed by atoms with Crippen molar-refractivity contribution in [3.8, 4) is 5.75 Å². The smallest absolute Gasteiger partial charge is 0.350 e. The monoisotopic (exact) mass is 552 g/mol. The van der Waals surface area contributed by atoms with E-state index in [1.165, 1.54) is 4.90 Å². The normalized spacial score (nSPS) is 14.4. The van der Waals surface area contributed by atoms with Gasteiger partial charge in [0.1, 0.15) is 22.8 Å². The van der Waals surface area contributed by atoms with Crippen LogP contribution < -0.4 is 15.1 Å². The van der Waals surface area contributed by atoms with Crippen LogP contribution in [0.3, 0.4) is 0 Å². The number of aromatic nitrogens is 1. The molecule has 1 aliphatic heterocycles. The molecule has 6 rings (SSSR count). The number of aryl methyl sites for hydroxylation is 1. The van der Waals surface area contributed by atoms with E-state index in [0.717, 1.165) is 16.9 Å². The fraction of sp³-hybridized carbons (Fsp3) is 0.161. The molecular weight excluding hydrogens is 528 g/mol. The van der Waals surface area contributed by atoms with Crippen LogP contribution >= 0.6 is 11.3 Å². The second-order valence-corrected chi connectivity index (χ2v) is 10.2. The summed E-state index contributed by atoms with van der Waals surface area (Å²) >= 11 is 1.04. The molecule has 1 amide bonds. The highest BCUT2D eigenvalue weighted by Crippen LogP contribution is 2.43. The first-order valence-electron chi connectivity index (χ1n) is 12.8. The van der Waals surface area contributed by atoms with Crippen LogP contribution in [0.1, 0.15) is 55.6 Å². The lowest BCUT2D eigenvalue weighted by molar-refractivity contribution is 0.0531. The molecule has 0 aliphatic carbocycles. The number of fused-ring (bicyclic) bond motifs is 2. The molecule has 5 aromatic rings. The molecule has 1 unspecified atom stereocenters. The molecule has 0 fully saturated rings. The third kappa shape index (κ3) is 4.44. The van der Waals surface area contributed by atoms with Crippen LogP contribution in [0.25, 0.3) is 11.0 Å². The number of carbonyl (C=O) groups excluding carboxylic acids is 2. The summed E-state index contributed by atoms with van der Waals surface area (Å²) in [5, 5.41) is 0.640. The zero-order valence-corrected chi connectivity index (χ0v) is 22.6. The molecule has 0 saturated carbocycles. The van der Waals surface area contributed by atoms with E-state index in [1.54, 1.807) is 38.1 Å². The number of ether oxygens (including phenoxy) is 2. The predicted octanol–water partition coefficient (Wildman–Crippen LogP) is 6.06. The summed E-state index contributed by atoms with van der Waals surface area (Å²) in [5.41, 5.74) is 2.33.